The fraction of sp³-hybridized carbons (Fsp3) is 0.121. The summed E-state index contributed by atoms with van der Waals surface area (Å²) in [7, 11) is 2.03. The second kappa shape index (κ2) is 9.80. The van der Waals surface area contributed by atoms with Crippen LogP contribution in [0.3, 0.4) is 0 Å². The summed E-state index contributed by atoms with van der Waals surface area (Å²) in [5, 5.41) is 13.4. The van der Waals surface area contributed by atoms with Crippen LogP contribution >= 0.6 is 0 Å². The van der Waals surface area contributed by atoms with E-state index in [0.717, 1.165) is 40.9 Å². The van der Waals surface area contributed by atoms with Gasteiger partial charge in [0.1, 0.15) is 0 Å². The number of anilines is 1. The Morgan fingerprint density at radius 2 is 1.36 bits per heavy atom. The molecule has 0 aliphatic rings. The molecule has 0 amide bonds. The molecule has 3 heteroatoms. The highest BCUT2D eigenvalue weighted by atomic mass is 14.9. The minimum absolute atomic E-state index is 0.317. The van der Waals surface area contributed by atoms with Crippen LogP contribution in [0.5, 0.6) is 0 Å². The highest BCUT2D eigenvalue weighted by molar-refractivity contribution is 5.95. The number of nitrogens with zero attached hydrogens (tertiary/aromatic N) is 1. The van der Waals surface area contributed by atoms with Gasteiger partial charge in [0, 0.05) is 35.6 Å². The van der Waals surface area contributed by atoms with Crippen LogP contribution in [-0.2, 0) is 0 Å². The molecule has 0 saturated carbocycles. The summed E-state index contributed by atoms with van der Waals surface area (Å²) < 4.78 is 0. The Bertz CT molecular complexity index is 1670. The van der Waals surface area contributed by atoms with Crippen molar-refractivity contribution < 1.29 is 0 Å². The van der Waals surface area contributed by atoms with E-state index in [2.05, 4.69) is 126 Å². The van der Waals surface area contributed by atoms with E-state index in [-0.39, 0.29) is 0 Å². The zero-order valence-corrected chi connectivity index (χ0v) is 20.4. The third kappa shape index (κ3) is 4.30. The topological polar surface area (TPSA) is 37.0 Å². The van der Waals surface area contributed by atoms with Crippen molar-refractivity contribution >= 4 is 38.1 Å². The van der Waals surface area contributed by atoms with Gasteiger partial charge in [0.15, 0.2) is 0 Å². The van der Waals surface area contributed by atoms with Crippen LogP contribution in [-0.4, -0.2) is 25.1 Å². The molecule has 1 heterocycles. The summed E-state index contributed by atoms with van der Waals surface area (Å²) in [4.78, 5) is 5.02. The van der Waals surface area contributed by atoms with E-state index in [1.165, 1.54) is 27.1 Å². The Morgan fingerprint density at radius 1 is 0.639 bits per heavy atom. The first-order valence-electron chi connectivity index (χ1n) is 12.6. The van der Waals surface area contributed by atoms with Gasteiger partial charge < -0.3 is 10.6 Å². The summed E-state index contributed by atoms with van der Waals surface area (Å²) >= 11 is 0. The van der Waals surface area contributed by atoms with Crippen molar-refractivity contribution in [1.82, 2.24) is 10.3 Å². The molecule has 0 spiro atoms. The zero-order valence-electron chi connectivity index (χ0n) is 20.4. The molecule has 3 nitrogen and oxygen atoms in total. The number of pyridine rings is 1. The number of hydrogen-bond donors (Lipinski definition) is 2. The molecule has 2 N–H and O–H groups in total. The number of benzene rings is 5. The number of likely N-dealkylation sites (N-methyl/N-ethyl adjacent to an activating group) is 1. The Labute approximate surface area is 211 Å². The van der Waals surface area contributed by atoms with Crippen LogP contribution in [0.15, 0.2) is 115 Å². The molecule has 176 valence electrons. The predicted octanol–water partition coefficient (Wildman–Crippen LogP) is 7.62. The van der Waals surface area contributed by atoms with Gasteiger partial charge in [-0.3, -0.25) is 0 Å². The quantitative estimate of drug-likeness (QED) is 0.253. The molecule has 0 aliphatic heterocycles. The van der Waals surface area contributed by atoms with Crippen LogP contribution in [0.25, 0.3) is 43.7 Å². The Morgan fingerprint density at radius 3 is 2.22 bits per heavy atom. The second-order valence-electron chi connectivity index (χ2n) is 9.34. The zero-order chi connectivity index (χ0) is 24.3. The van der Waals surface area contributed by atoms with Gasteiger partial charge in [0.25, 0.3) is 0 Å². The maximum Gasteiger partial charge on any atom is 0.0730 e. The molecule has 6 aromatic rings. The Balaban J connectivity index is 1.38. The minimum atomic E-state index is 0.317. The van der Waals surface area contributed by atoms with Crippen molar-refractivity contribution in [2.45, 2.75) is 5.92 Å². The highest BCUT2D eigenvalue weighted by Crippen LogP contribution is 2.31. The lowest BCUT2D eigenvalue weighted by Crippen LogP contribution is -2.24. The standard InChI is InChI=1S/C33H29N3/c1-34-21-27(29-15-8-12-24-10-4-5-13-28(24)29)22-35-33-20-32(36-31-16-7-6-14-30(31)33)26-18-17-23-9-2-3-11-25(23)19-26/h2-20,27,34H,21-22H2,1H3,(H,35,36). The summed E-state index contributed by atoms with van der Waals surface area (Å²) in [6, 6.07) is 40.9. The maximum atomic E-state index is 5.02. The first-order chi connectivity index (χ1) is 17.8. The number of para-hydroxylation sites is 1. The van der Waals surface area contributed by atoms with Crippen molar-refractivity contribution in [2.75, 3.05) is 25.5 Å². The van der Waals surface area contributed by atoms with Crippen LogP contribution in [0, 0.1) is 0 Å². The average Bonchev–Trinajstić information content (AvgIpc) is 2.94. The first kappa shape index (κ1) is 22.3. The van der Waals surface area contributed by atoms with Gasteiger partial charge in [-0.2, -0.15) is 0 Å². The second-order valence-corrected chi connectivity index (χ2v) is 9.34. The van der Waals surface area contributed by atoms with E-state index in [1.807, 2.05) is 7.05 Å². The van der Waals surface area contributed by atoms with Crippen LogP contribution < -0.4 is 10.6 Å². The van der Waals surface area contributed by atoms with Crippen molar-refractivity contribution in [3.8, 4) is 11.3 Å². The number of hydrogen-bond acceptors (Lipinski definition) is 3. The number of fused-ring (bicyclic) bond motifs is 3. The lowest BCUT2D eigenvalue weighted by molar-refractivity contribution is 0.656. The van der Waals surface area contributed by atoms with E-state index in [9.17, 15) is 0 Å². The SMILES string of the molecule is CNCC(CNc1cc(-c2ccc3ccccc3c2)nc2ccccc12)c1cccc2ccccc12. The predicted molar refractivity (Wildman–Crippen MR) is 154 cm³/mol. The normalized spacial score (nSPS) is 12.2. The van der Waals surface area contributed by atoms with E-state index in [0.29, 0.717) is 5.92 Å². The lowest BCUT2D eigenvalue weighted by Gasteiger charge is -2.21. The third-order valence-corrected chi connectivity index (χ3v) is 7.01. The van der Waals surface area contributed by atoms with Gasteiger partial charge >= 0.3 is 0 Å². The van der Waals surface area contributed by atoms with Crippen molar-refractivity contribution in [2.24, 2.45) is 0 Å². The molecule has 36 heavy (non-hydrogen) atoms. The fourth-order valence-corrected chi connectivity index (χ4v) is 5.20. The third-order valence-electron chi connectivity index (χ3n) is 7.01. The summed E-state index contributed by atoms with van der Waals surface area (Å²) in [6.45, 7) is 1.71. The smallest absolute Gasteiger partial charge is 0.0730 e. The molecule has 0 fully saturated rings. The molecule has 5 aromatic carbocycles. The van der Waals surface area contributed by atoms with Crippen molar-refractivity contribution in [3.63, 3.8) is 0 Å². The maximum absolute atomic E-state index is 5.02. The lowest BCUT2D eigenvalue weighted by atomic mass is 9.93. The molecule has 0 saturated heterocycles. The van der Waals surface area contributed by atoms with Crippen LogP contribution in [0.1, 0.15) is 11.5 Å². The Kier molecular flexibility index (Phi) is 6.06. The van der Waals surface area contributed by atoms with Gasteiger partial charge in [-0.05, 0) is 52.4 Å². The van der Waals surface area contributed by atoms with Crippen LogP contribution in [0.2, 0.25) is 0 Å². The molecule has 0 radical (unpaired) electrons. The van der Waals surface area contributed by atoms with Crippen LogP contribution in [0.4, 0.5) is 5.69 Å². The minimum Gasteiger partial charge on any atom is -0.384 e. The largest absolute Gasteiger partial charge is 0.384 e. The van der Waals surface area contributed by atoms with Gasteiger partial charge in [0.05, 0.1) is 11.2 Å². The molecule has 1 unspecified atom stereocenters. The highest BCUT2D eigenvalue weighted by Gasteiger charge is 2.15. The number of rotatable bonds is 7. The summed E-state index contributed by atoms with van der Waals surface area (Å²) in [6.07, 6.45) is 0. The first-order valence-corrected chi connectivity index (χ1v) is 12.6. The molecule has 1 aromatic heterocycles. The molecule has 6 rings (SSSR count). The van der Waals surface area contributed by atoms with E-state index in [1.54, 1.807) is 0 Å². The number of aromatic nitrogens is 1. The van der Waals surface area contributed by atoms with Gasteiger partial charge in [-0.25, -0.2) is 4.98 Å². The van der Waals surface area contributed by atoms with Gasteiger partial charge in [-0.15, -0.1) is 0 Å². The summed E-state index contributed by atoms with van der Waals surface area (Å²) in [5.41, 5.74) is 5.59. The Hall–Kier alpha value is -4.21. The molecular formula is C33H29N3. The van der Waals surface area contributed by atoms with Gasteiger partial charge in [0.2, 0.25) is 0 Å². The van der Waals surface area contributed by atoms with Gasteiger partial charge in [-0.1, -0.05) is 97.1 Å². The number of nitrogens with one attached hydrogen (secondary N) is 2. The van der Waals surface area contributed by atoms with E-state index < -0.39 is 0 Å². The van der Waals surface area contributed by atoms with Crippen molar-refractivity contribution in [1.29, 1.82) is 0 Å². The average molecular weight is 468 g/mol. The molecule has 1 atom stereocenters. The monoisotopic (exact) mass is 467 g/mol. The summed E-state index contributed by atoms with van der Waals surface area (Å²) in [5.74, 6) is 0.317. The molecule has 0 aliphatic carbocycles. The van der Waals surface area contributed by atoms with Crippen molar-refractivity contribution in [3.05, 3.63) is 121 Å². The van der Waals surface area contributed by atoms with E-state index in [4.69, 9.17) is 4.98 Å². The fourth-order valence-electron chi connectivity index (χ4n) is 5.20. The molecular weight excluding hydrogens is 438 g/mol. The molecule has 0 bridgehead atoms. The van der Waals surface area contributed by atoms with E-state index >= 15 is 0 Å².